The lowest BCUT2D eigenvalue weighted by Gasteiger charge is -2.25. The van der Waals surface area contributed by atoms with Crippen molar-refractivity contribution in [3.8, 4) is 0 Å². The van der Waals surface area contributed by atoms with E-state index in [4.69, 9.17) is 11.5 Å². The quantitative estimate of drug-likeness (QED) is 0.689. The molecular weight excluding hydrogens is 188 g/mol. The molecule has 0 aromatic heterocycles. The molecule has 3 nitrogen and oxygen atoms in total. The molecule has 0 bridgehead atoms. The molecule has 0 saturated carbocycles. The Morgan fingerprint density at radius 2 is 1.60 bits per heavy atom. The summed E-state index contributed by atoms with van der Waals surface area (Å²) in [5.41, 5.74) is 12.0. The van der Waals surface area contributed by atoms with Crippen LogP contribution in [0.25, 0.3) is 0 Å². The van der Waals surface area contributed by atoms with E-state index in [1.165, 1.54) is 5.56 Å². The molecule has 0 aliphatic carbocycles. The van der Waals surface area contributed by atoms with Gasteiger partial charge in [-0.3, -0.25) is 0 Å². The highest BCUT2D eigenvalue weighted by molar-refractivity contribution is 5.29. The maximum Gasteiger partial charge on any atom is 0.114 e. The van der Waals surface area contributed by atoms with Gasteiger partial charge in [-0.25, -0.2) is 0 Å². The first kappa shape index (κ1) is 12.2. The molecule has 0 aliphatic rings. The lowest BCUT2D eigenvalue weighted by Crippen LogP contribution is -2.41. The van der Waals surface area contributed by atoms with Gasteiger partial charge >= 0.3 is 0 Å². The molecule has 1 aromatic rings. The highest BCUT2D eigenvalue weighted by atomic mass is 16.3. The number of hydrogen-bond donors (Lipinski definition) is 3. The van der Waals surface area contributed by atoms with Gasteiger partial charge in [-0.05, 0) is 17.0 Å². The third-order valence-corrected chi connectivity index (χ3v) is 2.79. The molecule has 0 spiro atoms. The maximum atomic E-state index is 10.1. The molecule has 0 radical (unpaired) electrons. The van der Waals surface area contributed by atoms with Gasteiger partial charge in [0.05, 0.1) is 0 Å². The molecule has 0 unspecified atom stereocenters. The van der Waals surface area contributed by atoms with E-state index in [0.717, 1.165) is 5.56 Å². The average molecular weight is 208 g/mol. The molecule has 84 valence electrons. The Morgan fingerprint density at radius 3 is 1.93 bits per heavy atom. The predicted molar refractivity (Wildman–Crippen MR) is 62.5 cm³/mol. The largest absolute Gasteiger partial charge is 0.383 e. The lowest BCUT2D eigenvalue weighted by molar-refractivity contribution is 0.0554. The van der Waals surface area contributed by atoms with Crippen LogP contribution in [-0.2, 0) is 5.60 Å². The van der Waals surface area contributed by atoms with Gasteiger partial charge in [-0.15, -0.1) is 0 Å². The van der Waals surface area contributed by atoms with Crippen molar-refractivity contribution in [2.24, 2.45) is 11.5 Å². The number of aliphatic hydroxyl groups is 1. The SMILES string of the molecule is CC(C)c1ccc(C(O)(CN)CN)cc1. The Hall–Kier alpha value is -0.900. The Balaban J connectivity index is 2.97. The smallest absolute Gasteiger partial charge is 0.114 e. The average Bonchev–Trinajstić information content (AvgIpc) is 2.28. The van der Waals surface area contributed by atoms with Crippen LogP contribution in [0.2, 0.25) is 0 Å². The molecule has 0 atom stereocenters. The minimum Gasteiger partial charge on any atom is -0.383 e. The number of nitrogens with two attached hydrogens (primary N) is 2. The molecule has 0 fully saturated rings. The van der Waals surface area contributed by atoms with Crippen LogP contribution < -0.4 is 11.5 Å². The van der Waals surface area contributed by atoms with Gasteiger partial charge in [0.1, 0.15) is 5.60 Å². The summed E-state index contributed by atoms with van der Waals surface area (Å²) in [7, 11) is 0. The molecule has 0 heterocycles. The summed E-state index contributed by atoms with van der Waals surface area (Å²) in [6, 6.07) is 7.82. The van der Waals surface area contributed by atoms with E-state index in [0.29, 0.717) is 5.92 Å². The Bertz CT molecular complexity index is 302. The van der Waals surface area contributed by atoms with Crippen LogP contribution >= 0.6 is 0 Å². The van der Waals surface area contributed by atoms with E-state index < -0.39 is 5.60 Å². The molecule has 0 saturated heterocycles. The molecule has 1 rings (SSSR count). The van der Waals surface area contributed by atoms with Gasteiger partial charge in [0, 0.05) is 13.1 Å². The van der Waals surface area contributed by atoms with Crippen molar-refractivity contribution in [1.82, 2.24) is 0 Å². The molecule has 5 N–H and O–H groups in total. The van der Waals surface area contributed by atoms with Crippen molar-refractivity contribution in [3.63, 3.8) is 0 Å². The molecule has 0 aliphatic heterocycles. The van der Waals surface area contributed by atoms with Crippen molar-refractivity contribution >= 4 is 0 Å². The first-order valence-corrected chi connectivity index (χ1v) is 5.26. The molecular formula is C12H20N2O. The Kier molecular flexibility index (Phi) is 3.85. The third kappa shape index (κ3) is 2.56. The first-order valence-electron chi connectivity index (χ1n) is 5.26. The summed E-state index contributed by atoms with van der Waals surface area (Å²) in [6.07, 6.45) is 0. The topological polar surface area (TPSA) is 72.3 Å². The van der Waals surface area contributed by atoms with Crippen molar-refractivity contribution < 1.29 is 5.11 Å². The van der Waals surface area contributed by atoms with Gasteiger partial charge in [0.25, 0.3) is 0 Å². The fourth-order valence-electron chi connectivity index (χ4n) is 1.50. The van der Waals surface area contributed by atoms with Crippen LogP contribution in [0, 0.1) is 0 Å². The number of hydrogen-bond acceptors (Lipinski definition) is 3. The summed E-state index contributed by atoms with van der Waals surface area (Å²) in [6.45, 7) is 4.55. The lowest BCUT2D eigenvalue weighted by atomic mass is 9.91. The maximum absolute atomic E-state index is 10.1. The molecule has 15 heavy (non-hydrogen) atoms. The van der Waals surface area contributed by atoms with E-state index in [1.807, 2.05) is 24.3 Å². The van der Waals surface area contributed by atoms with Gasteiger partial charge in [-0.2, -0.15) is 0 Å². The summed E-state index contributed by atoms with van der Waals surface area (Å²) >= 11 is 0. The van der Waals surface area contributed by atoms with Crippen LogP contribution in [0.3, 0.4) is 0 Å². The van der Waals surface area contributed by atoms with Gasteiger partial charge < -0.3 is 16.6 Å². The zero-order chi connectivity index (χ0) is 11.5. The molecule has 1 aromatic carbocycles. The highest BCUT2D eigenvalue weighted by Gasteiger charge is 2.25. The predicted octanol–water partition coefficient (Wildman–Crippen LogP) is 0.915. The minimum atomic E-state index is -1.09. The number of benzene rings is 1. The first-order chi connectivity index (χ1) is 7.03. The summed E-state index contributed by atoms with van der Waals surface area (Å²) in [5.74, 6) is 0.489. The Morgan fingerprint density at radius 1 is 1.13 bits per heavy atom. The van der Waals surface area contributed by atoms with Crippen LogP contribution in [0.4, 0.5) is 0 Å². The van der Waals surface area contributed by atoms with E-state index in [9.17, 15) is 5.11 Å². The third-order valence-electron chi connectivity index (χ3n) is 2.79. The van der Waals surface area contributed by atoms with Gasteiger partial charge in [-0.1, -0.05) is 38.1 Å². The van der Waals surface area contributed by atoms with E-state index in [-0.39, 0.29) is 13.1 Å². The van der Waals surface area contributed by atoms with Gasteiger partial charge in [0.15, 0.2) is 0 Å². The summed E-state index contributed by atoms with van der Waals surface area (Å²) in [5, 5.41) is 10.1. The summed E-state index contributed by atoms with van der Waals surface area (Å²) in [4.78, 5) is 0. The molecule has 3 heteroatoms. The standard InChI is InChI=1S/C12H20N2O/c1-9(2)10-3-5-11(6-4-10)12(15,7-13)8-14/h3-6,9,15H,7-8,13-14H2,1-2H3. The van der Waals surface area contributed by atoms with Crippen LogP contribution in [0.15, 0.2) is 24.3 Å². The summed E-state index contributed by atoms with van der Waals surface area (Å²) < 4.78 is 0. The Labute approximate surface area is 91.1 Å². The highest BCUT2D eigenvalue weighted by Crippen LogP contribution is 2.21. The zero-order valence-corrected chi connectivity index (χ0v) is 9.40. The second-order valence-corrected chi connectivity index (χ2v) is 4.22. The van der Waals surface area contributed by atoms with Crippen molar-refractivity contribution in [3.05, 3.63) is 35.4 Å². The van der Waals surface area contributed by atoms with Crippen molar-refractivity contribution in [2.75, 3.05) is 13.1 Å². The van der Waals surface area contributed by atoms with Crippen LogP contribution in [0.1, 0.15) is 30.9 Å². The fraction of sp³-hybridized carbons (Fsp3) is 0.500. The van der Waals surface area contributed by atoms with E-state index >= 15 is 0 Å². The zero-order valence-electron chi connectivity index (χ0n) is 9.40. The van der Waals surface area contributed by atoms with Crippen molar-refractivity contribution in [2.45, 2.75) is 25.4 Å². The normalized spacial score (nSPS) is 12.1. The van der Waals surface area contributed by atoms with E-state index in [2.05, 4.69) is 13.8 Å². The second-order valence-electron chi connectivity index (χ2n) is 4.22. The van der Waals surface area contributed by atoms with Crippen LogP contribution in [-0.4, -0.2) is 18.2 Å². The van der Waals surface area contributed by atoms with Gasteiger partial charge in [0.2, 0.25) is 0 Å². The minimum absolute atomic E-state index is 0.143. The van der Waals surface area contributed by atoms with E-state index in [1.54, 1.807) is 0 Å². The monoisotopic (exact) mass is 208 g/mol. The molecule has 0 amide bonds. The fourth-order valence-corrected chi connectivity index (χ4v) is 1.50. The number of rotatable bonds is 4. The van der Waals surface area contributed by atoms with Crippen LogP contribution in [0.5, 0.6) is 0 Å². The van der Waals surface area contributed by atoms with Crippen molar-refractivity contribution in [1.29, 1.82) is 0 Å². The second kappa shape index (κ2) is 4.75.